The average molecular weight is 345 g/mol. The smallest absolute Gasteiger partial charge is 0.163 e. The molecule has 1 heterocycles. The van der Waals surface area contributed by atoms with Gasteiger partial charge in [-0.1, -0.05) is 23.7 Å². The van der Waals surface area contributed by atoms with Gasteiger partial charge in [0.1, 0.15) is 7.85 Å². The van der Waals surface area contributed by atoms with Gasteiger partial charge in [0.05, 0.1) is 0 Å². The van der Waals surface area contributed by atoms with Gasteiger partial charge in [0, 0.05) is 28.3 Å². The first-order valence-electron chi connectivity index (χ1n) is 10.3. The molecule has 0 spiro atoms. The molecule has 1 aliphatic heterocycles. The van der Waals surface area contributed by atoms with E-state index in [0.717, 1.165) is 60.2 Å². The Morgan fingerprint density at radius 1 is 1.12 bits per heavy atom. The van der Waals surface area contributed by atoms with E-state index < -0.39 is 0 Å². The van der Waals surface area contributed by atoms with Crippen molar-refractivity contribution in [1.82, 2.24) is 5.32 Å². The van der Waals surface area contributed by atoms with Crippen molar-refractivity contribution in [1.29, 1.82) is 0 Å². The minimum Gasteiger partial charge on any atom is -0.379 e. The lowest BCUT2D eigenvalue weighted by atomic mass is 9.48. The highest BCUT2D eigenvalue weighted by Crippen LogP contribution is 2.60. The first kappa shape index (κ1) is 16.7. The van der Waals surface area contributed by atoms with Crippen molar-refractivity contribution in [2.24, 2.45) is 23.2 Å². The lowest BCUT2D eigenvalue weighted by Crippen LogP contribution is -2.50. The van der Waals surface area contributed by atoms with Gasteiger partial charge < -0.3 is 5.32 Å². The molecule has 134 valence electrons. The lowest BCUT2D eigenvalue weighted by Gasteiger charge is -2.55. The molecule has 0 amide bonds. The van der Waals surface area contributed by atoms with Gasteiger partial charge in [-0.05, 0) is 82.1 Å². The Morgan fingerprint density at radius 2 is 1.73 bits per heavy atom. The number of fused-ring (bicyclic) bond motifs is 1. The summed E-state index contributed by atoms with van der Waals surface area (Å²) in [6, 6.07) is 6.09. The average Bonchev–Trinajstić information content (AvgIpc) is 2.51. The van der Waals surface area contributed by atoms with Gasteiger partial charge >= 0.3 is 0 Å². The molecule has 26 heavy (non-hydrogen) atoms. The molecule has 1 aromatic rings. The van der Waals surface area contributed by atoms with Gasteiger partial charge in [-0.25, -0.2) is 0 Å². The van der Waals surface area contributed by atoms with Gasteiger partial charge in [-0.15, -0.1) is 0 Å². The molecule has 4 saturated carbocycles. The molecule has 0 saturated heterocycles. The number of ketones is 1. The largest absolute Gasteiger partial charge is 0.379 e. The van der Waals surface area contributed by atoms with Crippen molar-refractivity contribution in [2.45, 2.75) is 64.3 Å². The van der Waals surface area contributed by atoms with Gasteiger partial charge in [0.2, 0.25) is 0 Å². The Morgan fingerprint density at radius 3 is 2.35 bits per heavy atom. The molecule has 3 heteroatoms. The summed E-state index contributed by atoms with van der Waals surface area (Å²) in [5, 5.41) is 3.63. The molecular formula is C23H28BNO. The highest BCUT2D eigenvalue weighted by molar-refractivity contribution is 6.32. The van der Waals surface area contributed by atoms with Crippen LogP contribution >= 0.6 is 0 Å². The summed E-state index contributed by atoms with van der Waals surface area (Å²) in [5.74, 6) is 2.77. The van der Waals surface area contributed by atoms with Gasteiger partial charge in [-0.3, -0.25) is 4.79 Å². The Bertz CT molecular complexity index is 771. The zero-order chi connectivity index (χ0) is 18.1. The van der Waals surface area contributed by atoms with Crippen LogP contribution in [0.25, 0.3) is 5.70 Å². The zero-order valence-corrected chi connectivity index (χ0v) is 16.0. The molecule has 4 fully saturated rings. The number of carbonyl (C=O) groups excluding carboxylic acids is 1. The van der Waals surface area contributed by atoms with Gasteiger partial charge in [0.25, 0.3) is 0 Å². The third-order valence-electron chi connectivity index (χ3n) is 7.36. The number of carbonyl (C=O) groups is 1. The third kappa shape index (κ3) is 2.66. The first-order valence-corrected chi connectivity index (χ1v) is 10.3. The van der Waals surface area contributed by atoms with Gasteiger partial charge in [0.15, 0.2) is 5.78 Å². The van der Waals surface area contributed by atoms with Crippen molar-refractivity contribution in [3.8, 4) is 0 Å². The van der Waals surface area contributed by atoms with Gasteiger partial charge in [-0.2, -0.15) is 0 Å². The summed E-state index contributed by atoms with van der Waals surface area (Å²) < 4.78 is 0. The second-order valence-electron chi connectivity index (χ2n) is 10.2. The predicted molar refractivity (Wildman–Crippen MR) is 106 cm³/mol. The van der Waals surface area contributed by atoms with Crippen LogP contribution in [0.3, 0.4) is 0 Å². The van der Waals surface area contributed by atoms with E-state index in [0.29, 0.717) is 5.78 Å². The topological polar surface area (TPSA) is 29.1 Å². The van der Waals surface area contributed by atoms with E-state index >= 15 is 0 Å². The molecular weight excluding hydrogens is 317 g/mol. The van der Waals surface area contributed by atoms with Crippen LogP contribution in [0, 0.1) is 23.2 Å². The van der Waals surface area contributed by atoms with E-state index in [9.17, 15) is 4.79 Å². The Balaban J connectivity index is 1.51. The molecule has 0 aromatic heterocycles. The normalized spacial score (nSPS) is 38.1. The third-order valence-corrected chi connectivity index (χ3v) is 7.36. The fraction of sp³-hybridized carbons (Fsp3) is 0.609. The van der Waals surface area contributed by atoms with Crippen molar-refractivity contribution in [2.75, 3.05) is 0 Å². The van der Waals surface area contributed by atoms with E-state index in [1.165, 1.54) is 24.8 Å². The quantitative estimate of drug-likeness (QED) is 0.656. The molecule has 0 atom stereocenters. The molecule has 4 aliphatic carbocycles. The Labute approximate surface area is 158 Å². The fourth-order valence-electron chi connectivity index (χ4n) is 6.79. The monoisotopic (exact) mass is 345 g/mol. The SMILES string of the molecule is [B]c1ccc2c(c1)CC(C)(C)N/C2=C\C(=O)C12CC3CC(CC(C3)C1)C2. The standard InChI is InChI=1S/C23H28BNO/c1-22(2)13-17-8-18(24)3-4-19(17)20(25-22)9-21(26)23-10-14-5-15(11-23)7-16(6-14)12-23/h3-4,8-9,14-16,25H,5-7,10-13H2,1-2H3/b20-9-. The number of hydrogen-bond donors (Lipinski definition) is 1. The number of rotatable bonds is 2. The predicted octanol–water partition coefficient (Wildman–Crippen LogP) is 3.53. The van der Waals surface area contributed by atoms with E-state index in [-0.39, 0.29) is 11.0 Å². The molecule has 1 aromatic carbocycles. The highest BCUT2D eigenvalue weighted by Gasteiger charge is 2.53. The summed E-state index contributed by atoms with van der Waals surface area (Å²) in [6.07, 6.45) is 10.4. The van der Waals surface area contributed by atoms with Crippen LogP contribution in [-0.4, -0.2) is 19.2 Å². The lowest BCUT2D eigenvalue weighted by molar-refractivity contribution is -0.138. The van der Waals surface area contributed by atoms with Crippen LogP contribution in [0.2, 0.25) is 0 Å². The molecule has 1 N–H and O–H groups in total. The molecule has 2 radical (unpaired) electrons. The van der Waals surface area contributed by atoms with Crippen LogP contribution in [0.15, 0.2) is 24.3 Å². The molecule has 0 unspecified atom stereocenters. The maximum absolute atomic E-state index is 13.5. The van der Waals surface area contributed by atoms with Crippen molar-refractivity contribution < 1.29 is 4.79 Å². The first-order chi connectivity index (χ1) is 12.3. The summed E-state index contributed by atoms with van der Waals surface area (Å²) in [4.78, 5) is 13.5. The van der Waals surface area contributed by atoms with E-state index in [2.05, 4.69) is 31.3 Å². The minimum absolute atomic E-state index is 0.0611. The van der Waals surface area contributed by atoms with Crippen molar-refractivity contribution >= 4 is 24.8 Å². The zero-order valence-electron chi connectivity index (χ0n) is 16.0. The number of hydrogen-bond acceptors (Lipinski definition) is 2. The van der Waals surface area contributed by atoms with Crippen LogP contribution in [0.4, 0.5) is 0 Å². The highest BCUT2D eigenvalue weighted by atomic mass is 16.1. The number of benzene rings is 1. The Kier molecular flexibility index (Phi) is 3.52. The van der Waals surface area contributed by atoms with Crippen LogP contribution in [-0.2, 0) is 11.2 Å². The van der Waals surface area contributed by atoms with Crippen molar-refractivity contribution in [3.63, 3.8) is 0 Å². The number of allylic oxidation sites excluding steroid dienone is 1. The number of nitrogens with one attached hydrogen (secondary N) is 1. The summed E-state index contributed by atoms with van der Waals surface area (Å²) >= 11 is 0. The maximum atomic E-state index is 13.5. The minimum atomic E-state index is -0.0704. The summed E-state index contributed by atoms with van der Waals surface area (Å²) in [6.45, 7) is 4.39. The van der Waals surface area contributed by atoms with Crippen molar-refractivity contribution in [3.05, 3.63) is 35.4 Å². The Hall–Kier alpha value is -1.51. The van der Waals surface area contributed by atoms with E-state index in [4.69, 9.17) is 7.85 Å². The second-order valence-corrected chi connectivity index (χ2v) is 10.2. The second kappa shape index (κ2) is 5.50. The van der Waals surface area contributed by atoms with Crippen LogP contribution < -0.4 is 10.8 Å². The van der Waals surface area contributed by atoms with Crippen LogP contribution in [0.1, 0.15) is 63.5 Å². The fourth-order valence-corrected chi connectivity index (χ4v) is 6.79. The molecule has 2 nitrogen and oxygen atoms in total. The molecule has 5 aliphatic rings. The maximum Gasteiger partial charge on any atom is 0.163 e. The molecule has 4 bridgehead atoms. The molecule has 6 rings (SSSR count). The summed E-state index contributed by atoms with van der Waals surface area (Å²) in [7, 11) is 6.01. The summed E-state index contributed by atoms with van der Waals surface area (Å²) in [5.41, 5.74) is 4.06. The van der Waals surface area contributed by atoms with E-state index in [1.54, 1.807) is 0 Å². The van der Waals surface area contributed by atoms with E-state index in [1.807, 2.05) is 12.1 Å². The van der Waals surface area contributed by atoms with Crippen LogP contribution in [0.5, 0.6) is 0 Å².